The molecule has 2 heterocycles. The third kappa shape index (κ3) is 6.38. The van der Waals surface area contributed by atoms with Crippen LogP contribution in [0.25, 0.3) is 0 Å². The summed E-state index contributed by atoms with van der Waals surface area (Å²) < 4.78 is 21.3. The molecular weight excluding hydrogens is 656 g/mol. The average Bonchev–Trinajstić information content (AvgIpc) is 3.78. The molecule has 0 radical (unpaired) electrons. The van der Waals surface area contributed by atoms with Crippen molar-refractivity contribution in [1.29, 1.82) is 0 Å². The van der Waals surface area contributed by atoms with Gasteiger partial charge in [0.2, 0.25) is 11.8 Å². The predicted octanol–water partition coefficient (Wildman–Crippen LogP) is 7.15. The second kappa shape index (κ2) is 14.5. The number of fused-ring (bicyclic) bond motifs is 6. The van der Waals surface area contributed by atoms with Crippen LogP contribution >= 0.6 is 0 Å². The van der Waals surface area contributed by atoms with Crippen LogP contribution < -0.4 is 18.9 Å². The smallest absolute Gasteiger partial charge is 0.240 e. The van der Waals surface area contributed by atoms with Crippen molar-refractivity contribution < 1.29 is 28.5 Å². The Morgan fingerprint density at radius 2 is 0.885 bits per heavy atom. The molecule has 0 saturated carbocycles. The lowest BCUT2D eigenvalue weighted by molar-refractivity contribution is -0.132. The highest BCUT2D eigenvalue weighted by atomic mass is 16.5. The van der Waals surface area contributed by atoms with Gasteiger partial charge in [-0.25, -0.2) is 10.0 Å². The Hall–Kier alpha value is -5.64. The Morgan fingerprint density at radius 3 is 1.21 bits per heavy atom. The van der Waals surface area contributed by atoms with E-state index in [2.05, 4.69) is 12.1 Å². The number of rotatable bonds is 6. The van der Waals surface area contributed by atoms with Gasteiger partial charge in [0.1, 0.15) is 23.0 Å². The molecule has 10 nitrogen and oxygen atoms in total. The number of carbonyl (C=O) groups is 2. The van der Waals surface area contributed by atoms with Gasteiger partial charge in [-0.1, -0.05) is 36.4 Å². The number of hydrogen-bond donors (Lipinski definition) is 0. The number of aryl methyl sites for hydroxylation is 2. The predicted molar refractivity (Wildman–Crippen MR) is 199 cm³/mol. The van der Waals surface area contributed by atoms with E-state index in [9.17, 15) is 9.59 Å². The van der Waals surface area contributed by atoms with Crippen LogP contribution in [0.2, 0.25) is 0 Å². The van der Waals surface area contributed by atoms with E-state index in [1.165, 1.54) is 11.1 Å². The van der Waals surface area contributed by atoms with Gasteiger partial charge in [-0.05, 0) is 96.5 Å². The lowest BCUT2D eigenvalue weighted by atomic mass is 9.77. The van der Waals surface area contributed by atoms with Crippen molar-refractivity contribution in [2.45, 2.75) is 51.6 Å². The third-order valence-electron chi connectivity index (χ3n) is 10.6. The molecule has 0 N–H and O–H groups in total. The molecule has 2 aliphatic heterocycles. The van der Waals surface area contributed by atoms with Crippen LogP contribution in [0.5, 0.6) is 23.0 Å². The molecular formula is C42H44N4O6. The maximum Gasteiger partial charge on any atom is 0.240 e. The summed E-state index contributed by atoms with van der Waals surface area (Å²) in [7, 11) is 6.64. The van der Waals surface area contributed by atoms with E-state index in [0.717, 1.165) is 82.4 Å². The maximum atomic E-state index is 12.3. The van der Waals surface area contributed by atoms with Crippen molar-refractivity contribution in [3.05, 3.63) is 118 Å². The van der Waals surface area contributed by atoms with Crippen LogP contribution in [0.1, 0.15) is 72.2 Å². The number of methoxy groups -OCH3 is 4. The summed E-state index contributed by atoms with van der Waals surface area (Å²) in [6, 6.07) is 27.9. The minimum atomic E-state index is -0.0762. The first-order valence-corrected chi connectivity index (χ1v) is 17.6. The van der Waals surface area contributed by atoms with Crippen molar-refractivity contribution in [2.75, 3.05) is 28.4 Å². The molecule has 4 aliphatic rings. The fourth-order valence-electron chi connectivity index (χ4n) is 8.02. The topological polar surface area (TPSA) is 102 Å². The van der Waals surface area contributed by atoms with Gasteiger partial charge >= 0.3 is 0 Å². The molecule has 268 valence electrons. The van der Waals surface area contributed by atoms with Gasteiger partial charge in [-0.15, -0.1) is 0 Å². The van der Waals surface area contributed by atoms with Crippen molar-refractivity contribution in [1.82, 2.24) is 10.0 Å². The first-order valence-electron chi connectivity index (χ1n) is 17.6. The van der Waals surface area contributed by atoms with Crippen LogP contribution in [0, 0.1) is 11.8 Å². The quantitative estimate of drug-likeness (QED) is 0.212. The molecule has 2 aliphatic carbocycles. The molecule has 0 bridgehead atoms. The molecule has 0 saturated heterocycles. The molecule has 0 aromatic heterocycles. The van der Waals surface area contributed by atoms with Crippen molar-refractivity contribution in [2.24, 2.45) is 22.0 Å². The number of hydrazone groups is 2. The highest BCUT2D eigenvalue weighted by Crippen LogP contribution is 2.46. The van der Waals surface area contributed by atoms with Crippen molar-refractivity contribution >= 4 is 23.2 Å². The Labute approximate surface area is 304 Å². The molecule has 0 fully saturated rings. The molecule has 52 heavy (non-hydrogen) atoms. The number of carbonyl (C=O) groups excluding carboxylic acids is 2. The molecule has 10 heteroatoms. The van der Waals surface area contributed by atoms with E-state index in [1.807, 2.05) is 72.8 Å². The highest BCUT2D eigenvalue weighted by Gasteiger charge is 2.44. The zero-order valence-electron chi connectivity index (χ0n) is 30.5. The lowest BCUT2D eigenvalue weighted by Crippen LogP contribution is -2.31. The first kappa shape index (κ1) is 34.8. The normalized spacial score (nSPS) is 20.9. The molecule has 0 unspecified atom stereocenters. The van der Waals surface area contributed by atoms with Gasteiger partial charge in [0.05, 0.1) is 51.9 Å². The summed E-state index contributed by atoms with van der Waals surface area (Å²) in [5, 5.41) is 12.8. The fourth-order valence-corrected chi connectivity index (χ4v) is 8.02. The second-order valence-corrected chi connectivity index (χ2v) is 13.5. The van der Waals surface area contributed by atoms with Crippen LogP contribution in [-0.4, -0.2) is 61.7 Å². The van der Waals surface area contributed by atoms with E-state index in [0.29, 0.717) is 0 Å². The monoisotopic (exact) mass is 700 g/mol. The summed E-state index contributed by atoms with van der Waals surface area (Å²) in [5.74, 6) is 3.53. The highest BCUT2D eigenvalue weighted by molar-refractivity contribution is 6.08. The summed E-state index contributed by atoms with van der Waals surface area (Å²) in [6.07, 6.45) is 3.89. The number of benzene rings is 4. The van der Waals surface area contributed by atoms with Gasteiger partial charge in [0.25, 0.3) is 0 Å². The standard InChI is InChI=1S/2C21H22N2O3/c2*1-13(24)23-21(15-5-8-16(25-2)9-6-15)18-11-7-14-4-10-17(26-3)12-19(14)20(18)22-23/h2*4-6,8-10,12,18,21H,7,11H2,1-3H3/t18-,21+;18-,21-/m10/s1. The second-order valence-electron chi connectivity index (χ2n) is 13.5. The third-order valence-corrected chi connectivity index (χ3v) is 10.6. The van der Waals surface area contributed by atoms with E-state index in [-0.39, 0.29) is 35.7 Å². The zero-order valence-corrected chi connectivity index (χ0v) is 30.5. The molecule has 4 aromatic rings. The van der Waals surface area contributed by atoms with Crippen molar-refractivity contribution in [3.8, 4) is 23.0 Å². The van der Waals surface area contributed by atoms with E-state index >= 15 is 0 Å². The fraction of sp³-hybridized carbons (Fsp3) is 0.333. The van der Waals surface area contributed by atoms with Gasteiger partial charge in [0.15, 0.2) is 0 Å². The van der Waals surface area contributed by atoms with Crippen LogP contribution in [0.3, 0.4) is 0 Å². The molecule has 0 spiro atoms. The molecule has 8 rings (SSSR count). The van der Waals surface area contributed by atoms with Crippen LogP contribution in [-0.2, 0) is 22.4 Å². The van der Waals surface area contributed by atoms with Gasteiger partial charge in [-0.2, -0.15) is 10.2 Å². The van der Waals surface area contributed by atoms with Gasteiger partial charge < -0.3 is 18.9 Å². The minimum Gasteiger partial charge on any atom is -0.497 e. The summed E-state index contributed by atoms with van der Waals surface area (Å²) >= 11 is 0. The van der Waals surface area contributed by atoms with Gasteiger partial charge in [-0.3, -0.25) is 9.59 Å². The lowest BCUT2D eigenvalue weighted by Gasteiger charge is -2.29. The SMILES string of the molecule is COc1ccc([C@H]2[C@@H]3CCc4ccc(OC)cc4C3=NN2C(C)=O)cc1.COc1ccc([C@H]2[C@H]3CCc4ccc(OC)cc4C3=NN2C(C)=O)cc1. The van der Waals surface area contributed by atoms with E-state index in [1.54, 1.807) is 52.3 Å². The minimum absolute atomic E-state index is 0.0443. The van der Waals surface area contributed by atoms with Crippen LogP contribution in [0.4, 0.5) is 0 Å². The Morgan fingerprint density at radius 1 is 0.538 bits per heavy atom. The number of amides is 2. The van der Waals surface area contributed by atoms with E-state index in [4.69, 9.17) is 29.2 Å². The molecule has 2 amide bonds. The Balaban J connectivity index is 0.000000162. The first-order chi connectivity index (χ1) is 25.2. The number of ether oxygens (including phenoxy) is 4. The average molecular weight is 701 g/mol. The largest absolute Gasteiger partial charge is 0.497 e. The van der Waals surface area contributed by atoms with E-state index < -0.39 is 0 Å². The van der Waals surface area contributed by atoms with Crippen LogP contribution in [0.15, 0.2) is 95.1 Å². The summed E-state index contributed by atoms with van der Waals surface area (Å²) in [6.45, 7) is 3.15. The van der Waals surface area contributed by atoms with Crippen molar-refractivity contribution in [3.63, 3.8) is 0 Å². The zero-order chi connectivity index (χ0) is 36.5. The van der Waals surface area contributed by atoms with Gasteiger partial charge in [0, 0.05) is 36.8 Å². The molecule has 4 atom stereocenters. The Bertz CT molecular complexity index is 1890. The maximum absolute atomic E-state index is 12.3. The molecule has 4 aromatic carbocycles. The Kier molecular flexibility index (Phi) is 9.73. The number of nitrogens with zero attached hydrogens (tertiary/aromatic N) is 4. The number of hydrogen-bond acceptors (Lipinski definition) is 8. The summed E-state index contributed by atoms with van der Waals surface area (Å²) in [4.78, 5) is 24.6. The summed E-state index contributed by atoms with van der Waals surface area (Å²) in [5.41, 5.74) is 8.86.